The molecule has 0 bridgehead atoms. The highest BCUT2D eigenvalue weighted by Crippen LogP contribution is 2.25. The zero-order valence-corrected chi connectivity index (χ0v) is 12.1. The standard InChI is InChI=1S/C12H19BrN2O/c1-7(2)9(5)12(16)11-10(13)6-14-15(11)8(3)4/h6-9H,1-5H3. The van der Waals surface area contributed by atoms with Crippen LogP contribution in [0.1, 0.15) is 51.1 Å². The van der Waals surface area contributed by atoms with Crippen LogP contribution in [0, 0.1) is 11.8 Å². The second-order valence-corrected chi connectivity index (χ2v) is 5.63. The van der Waals surface area contributed by atoms with Crippen LogP contribution in [-0.2, 0) is 0 Å². The van der Waals surface area contributed by atoms with E-state index < -0.39 is 0 Å². The summed E-state index contributed by atoms with van der Waals surface area (Å²) in [6, 6.07) is 0.199. The number of carbonyl (C=O) groups excluding carboxylic acids is 1. The summed E-state index contributed by atoms with van der Waals surface area (Å²) in [5.74, 6) is 0.522. The number of hydrogen-bond donors (Lipinski definition) is 0. The number of nitrogens with zero attached hydrogens (tertiary/aromatic N) is 2. The van der Waals surface area contributed by atoms with E-state index in [2.05, 4.69) is 34.9 Å². The van der Waals surface area contributed by atoms with Gasteiger partial charge in [0, 0.05) is 12.0 Å². The Morgan fingerprint density at radius 3 is 2.31 bits per heavy atom. The third-order valence-electron chi connectivity index (χ3n) is 2.89. The summed E-state index contributed by atoms with van der Waals surface area (Å²) in [4.78, 5) is 12.3. The van der Waals surface area contributed by atoms with E-state index in [0.29, 0.717) is 11.6 Å². The van der Waals surface area contributed by atoms with E-state index in [1.54, 1.807) is 10.9 Å². The molecule has 0 N–H and O–H groups in total. The van der Waals surface area contributed by atoms with Crippen LogP contribution < -0.4 is 0 Å². The Morgan fingerprint density at radius 2 is 1.88 bits per heavy atom. The van der Waals surface area contributed by atoms with Crippen molar-refractivity contribution in [2.75, 3.05) is 0 Å². The van der Waals surface area contributed by atoms with Crippen molar-refractivity contribution in [1.29, 1.82) is 0 Å². The number of rotatable bonds is 4. The molecule has 3 nitrogen and oxygen atoms in total. The largest absolute Gasteiger partial charge is 0.292 e. The van der Waals surface area contributed by atoms with Crippen LogP contribution in [0.4, 0.5) is 0 Å². The molecule has 1 unspecified atom stereocenters. The monoisotopic (exact) mass is 286 g/mol. The quantitative estimate of drug-likeness (QED) is 0.791. The number of Topliss-reactive ketones (excluding diaryl/α,β-unsaturated/α-hetero) is 1. The molecule has 0 aromatic carbocycles. The lowest BCUT2D eigenvalue weighted by Gasteiger charge is -2.17. The molecular formula is C12H19BrN2O. The molecule has 16 heavy (non-hydrogen) atoms. The molecule has 0 amide bonds. The Kier molecular flexibility index (Phi) is 4.30. The normalized spacial score (nSPS) is 13.5. The van der Waals surface area contributed by atoms with E-state index in [-0.39, 0.29) is 17.7 Å². The summed E-state index contributed by atoms with van der Waals surface area (Å²) < 4.78 is 2.57. The minimum absolute atomic E-state index is 0.0190. The van der Waals surface area contributed by atoms with Gasteiger partial charge in [0.2, 0.25) is 0 Å². The van der Waals surface area contributed by atoms with Crippen molar-refractivity contribution in [3.63, 3.8) is 0 Å². The van der Waals surface area contributed by atoms with Crippen LogP contribution >= 0.6 is 15.9 Å². The van der Waals surface area contributed by atoms with Crippen LogP contribution in [0.15, 0.2) is 10.7 Å². The summed E-state index contributed by atoms with van der Waals surface area (Å²) in [6.45, 7) is 10.1. The fourth-order valence-electron chi connectivity index (χ4n) is 1.48. The molecule has 0 saturated carbocycles. The van der Waals surface area contributed by atoms with E-state index in [1.807, 2.05) is 20.8 Å². The van der Waals surface area contributed by atoms with Gasteiger partial charge in [-0.25, -0.2) is 0 Å². The van der Waals surface area contributed by atoms with Gasteiger partial charge < -0.3 is 0 Å². The van der Waals surface area contributed by atoms with Crippen molar-refractivity contribution < 1.29 is 4.79 Å². The van der Waals surface area contributed by atoms with Crippen molar-refractivity contribution >= 4 is 21.7 Å². The number of carbonyl (C=O) groups is 1. The van der Waals surface area contributed by atoms with Crippen molar-refractivity contribution in [2.45, 2.75) is 40.7 Å². The fraction of sp³-hybridized carbons (Fsp3) is 0.667. The van der Waals surface area contributed by atoms with Gasteiger partial charge in [0.25, 0.3) is 0 Å². The van der Waals surface area contributed by atoms with E-state index in [9.17, 15) is 4.79 Å². The highest BCUT2D eigenvalue weighted by atomic mass is 79.9. The molecule has 1 atom stereocenters. The topological polar surface area (TPSA) is 34.9 Å². The van der Waals surface area contributed by atoms with Gasteiger partial charge in [-0.05, 0) is 35.7 Å². The highest BCUT2D eigenvalue weighted by molar-refractivity contribution is 9.10. The SMILES string of the molecule is CC(C)C(C)C(=O)c1c(Br)cnn1C(C)C. The maximum atomic E-state index is 12.3. The minimum atomic E-state index is 0.0190. The zero-order chi connectivity index (χ0) is 12.5. The van der Waals surface area contributed by atoms with Crippen LogP contribution in [0.3, 0.4) is 0 Å². The number of halogens is 1. The molecule has 0 spiro atoms. The summed E-state index contributed by atoms with van der Waals surface area (Å²) in [7, 11) is 0. The van der Waals surface area contributed by atoms with Crippen molar-refractivity contribution in [2.24, 2.45) is 11.8 Å². The summed E-state index contributed by atoms with van der Waals surface area (Å²) in [5, 5.41) is 4.23. The lowest BCUT2D eigenvalue weighted by Crippen LogP contribution is -2.22. The second kappa shape index (κ2) is 5.13. The lowest BCUT2D eigenvalue weighted by molar-refractivity contribution is 0.0885. The Bertz CT molecular complexity index is 382. The Balaban J connectivity index is 3.12. The van der Waals surface area contributed by atoms with Gasteiger partial charge in [0.15, 0.2) is 5.78 Å². The average Bonchev–Trinajstić information content (AvgIpc) is 2.57. The summed E-state index contributed by atoms with van der Waals surface area (Å²) >= 11 is 3.40. The first-order valence-electron chi connectivity index (χ1n) is 5.63. The average molecular weight is 287 g/mol. The summed E-state index contributed by atoms with van der Waals surface area (Å²) in [5.41, 5.74) is 0.691. The van der Waals surface area contributed by atoms with E-state index >= 15 is 0 Å². The summed E-state index contributed by atoms with van der Waals surface area (Å²) in [6.07, 6.45) is 1.69. The smallest absolute Gasteiger partial charge is 0.185 e. The molecule has 4 heteroatoms. The first-order chi connectivity index (χ1) is 7.36. The van der Waals surface area contributed by atoms with Crippen LogP contribution in [0.25, 0.3) is 0 Å². The van der Waals surface area contributed by atoms with Gasteiger partial charge in [-0.15, -0.1) is 0 Å². The maximum absolute atomic E-state index is 12.3. The number of hydrogen-bond acceptors (Lipinski definition) is 2. The maximum Gasteiger partial charge on any atom is 0.185 e. The molecule has 1 rings (SSSR count). The van der Waals surface area contributed by atoms with Gasteiger partial charge in [0.05, 0.1) is 10.7 Å². The molecule has 1 aromatic rings. The van der Waals surface area contributed by atoms with Gasteiger partial charge in [-0.3, -0.25) is 9.48 Å². The van der Waals surface area contributed by atoms with Gasteiger partial charge in [-0.1, -0.05) is 20.8 Å². The van der Waals surface area contributed by atoms with Gasteiger partial charge in [0.1, 0.15) is 5.69 Å². The predicted molar refractivity (Wildman–Crippen MR) is 68.6 cm³/mol. The molecule has 0 fully saturated rings. The number of aromatic nitrogens is 2. The van der Waals surface area contributed by atoms with Crippen LogP contribution in [0.2, 0.25) is 0 Å². The Hall–Kier alpha value is -0.640. The first-order valence-corrected chi connectivity index (χ1v) is 6.42. The van der Waals surface area contributed by atoms with Gasteiger partial charge >= 0.3 is 0 Å². The van der Waals surface area contributed by atoms with E-state index in [0.717, 1.165) is 4.47 Å². The molecule has 0 radical (unpaired) electrons. The van der Waals surface area contributed by atoms with Crippen LogP contribution in [-0.4, -0.2) is 15.6 Å². The number of ketones is 1. The molecule has 0 aliphatic rings. The van der Waals surface area contributed by atoms with Gasteiger partial charge in [-0.2, -0.15) is 5.10 Å². The van der Waals surface area contributed by atoms with Crippen molar-refractivity contribution in [3.05, 3.63) is 16.4 Å². The lowest BCUT2D eigenvalue weighted by atomic mass is 9.92. The molecule has 90 valence electrons. The zero-order valence-electron chi connectivity index (χ0n) is 10.5. The molecule has 0 aliphatic carbocycles. The van der Waals surface area contributed by atoms with E-state index in [4.69, 9.17) is 0 Å². The highest BCUT2D eigenvalue weighted by Gasteiger charge is 2.25. The minimum Gasteiger partial charge on any atom is -0.292 e. The second-order valence-electron chi connectivity index (χ2n) is 4.78. The predicted octanol–water partition coefficient (Wildman–Crippen LogP) is 3.70. The van der Waals surface area contributed by atoms with Crippen molar-refractivity contribution in [1.82, 2.24) is 9.78 Å². The third-order valence-corrected chi connectivity index (χ3v) is 3.47. The first kappa shape index (κ1) is 13.4. The molecule has 1 aromatic heterocycles. The third kappa shape index (κ3) is 2.54. The molecular weight excluding hydrogens is 268 g/mol. The molecule has 0 saturated heterocycles. The Labute approximate surface area is 105 Å². The van der Waals surface area contributed by atoms with E-state index in [1.165, 1.54) is 0 Å². The fourth-order valence-corrected chi connectivity index (χ4v) is 1.95. The Morgan fingerprint density at radius 1 is 1.31 bits per heavy atom. The van der Waals surface area contributed by atoms with Crippen molar-refractivity contribution in [3.8, 4) is 0 Å². The molecule has 1 heterocycles. The molecule has 0 aliphatic heterocycles. The van der Waals surface area contributed by atoms with Crippen LogP contribution in [0.5, 0.6) is 0 Å².